The van der Waals surface area contributed by atoms with Crippen molar-refractivity contribution in [3.63, 3.8) is 0 Å². The Balaban J connectivity index is 1.79. The van der Waals surface area contributed by atoms with Crippen LogP contribution in [0.5, 0.6) is 5.75 Å². The molecule has 0 saturated heterocycles. The SMILES string of the molecule is CC(=O)c1cccc(NC(=O)c2nc(C)n(-c3ccc(OC(F)F)cc3)n2)c1. The van der Waals surface area contributed by atoms with Gasteiger partial charge in [0.05, 0.1) is 5.69 Å². The Morgan fingerprint density at radius 3 is 2.50 bits per heavy atom. The molecular weight excluding hydrogens is 370 g/mol. The number of carbonyl (C=O) groups excluding carboxylic acids is 2. The molecule has 0 bridgehead atoms. The number of aromatic nitrogens is 3. The summed E-state index contributed by atoms with van der Waals surface area (Å²) in [4.78, 5) is 28.0. The van der Waals surface area contributed by atoms with Gasteiger partial charge in [0.1, 0.15) is 11.6 Å². The summed E-state index contributed by atoms with van der Waals surface area (Å²) >= 11 is 0. The number of aryl methyl sites for hydroxylation is 1. The lowest BCUT2D eigenvalue weighted by molar-refractivity contribution is -0.0498. The van der Waals surface area contributed by atoms with Gasteiger partial charge in [0.25, 0.3) is 5.91 Å². The molecule has 0 spiro atoms. The van der Waals surface area contributed by atoms with Crippen molar-refractivity contribution in [1.82, 2.24) is 14.8 Å². The molecule has 0 radical (unpaired) electrons. The second-order valence-electron chi connectivity index (χ2n) is 5.86. The third kappa shape index (κ3) is 4.37. The van der Waals surface area contributed by atoms with Crippen LogP contribution < -0.4 is 10.1 Å². The lowest BCUT2D eigenvalue weighted by atomic mass is 10.1. The maximum atomic E-state index is 12.4. The van der Waals surface area contributed by atoms with E-state index in [2.05, 4.69) is 20.1 Å². The molecule has 0 aliphatic rings. The van der Waals surface area contributed by atoms with Gasteiger partial charge in [0, 0.05) is 11.3 Å². The number of benzene rings is 2. The largest absolute Gasteiger partial charge is 0.435 e. The van der Waals surface area contributed by atoms with E-state index in [0.29, 0.717) is 22.8 Å². The third-order valence-electron chi connectivity index (χ3n) is 3.81. The van der Waals surface area contributed by atoms with E-state index in [9.17, 15) is 18.4 Å². The quantitative estimate of drug-likeness (QED) is 0.654. The predicted octanol–water partition coefficient (Wildman–Crippen LogP) is 3.63. The predicted molar refractivity (Wildman–Crippen MR) is 97.1 cm³/mol. The number of halogens is 2. The van der Waals surface area contributed by atoms with Crippen molar-refractivity contribution in [1.29, 1.82) is 0 Å². The van der Waals surface area contributed by atoms with Crippen LogP contribution in [0.25, 0.3) is 5.69 Å². The van der Waals surface area contributed by atoms with Crippen LogP contribution in [0.15, 0.2) is 48.5 Å². The minimum Gasteiger partial charge on any atom is -0.435 e. The summed E-state index contributed by atoms with van der Waals surface area (Å²) in [5.41, 5.74) is 1.45. The van der Waals surface area contributed by atoms with Crippen molar-refractivity contribution >= 4 is 17.4 Å². The summed E-state index contributed by atoms with van der Waals surface area (Å²) in [6.07, 6.45) is 0. The van der Waals surface area contributed by atoms with Crippen LogP contribution in [0, 0.1) is 6.92 Å². The Morgan fingerprint density at radius 2 is 1.86 bits per heavy atom. The number of ether oxygens (including phenoxy) is 1. The molecule has 3 rings (SSSR count). The first-order valence-corrected chi connectivity index (χ1v) is 8.25. The van der Waals surface area contributed by atoms with Gasteiger partial charge in [-0.25, -0.2) is 9.67 Å². The average molecular weight is 386 g/mol. The molecule has 0 saturated carbocycles. The van der Waals surface area contributed by atoms with Crippen molar-refractivity contribution < 1.29 is 23.1 Å². The van der Waals surface area contributed by atoms with Crippen molar-refractivity contribution in [2.75, 3.05) is 5.32 Å². The zero-order chi connectivity index (χ0) is 20.3. The minimum atomic E-state index is -2.91. The van der Waals surface area contributed by atoms with Crippen molar-refractivity contribution in [3.8, 4) is 11.4 Å². The van der Waals surface area contributed by atoms with Gasteiger partial charge in [-0.1, -0.05) is 12.1 Å². The lowest BCUT2D eigenvalue weighted by Gasteiger charge is -2.06. The van der Waals surface area contributed by atoms with Gasteiger partial charge in [-0.3, -0.25) is 9.59 Å². The van der Waals surface area contributed by atoms with Crippen molar-refractivity contribution in [3.05, 3.63) is 65.7 Å². The maximum Gasteiger partial charge on any atom is 0.387 e. The Morgan fingerprint density at radius 1 is 1.14 bits per heavy atom. The van der Waals surface area contributed by atoms with Crippen LogP contribution in [0.1, 0.15) is 33.7 Å². The van der Waals surface area contributed by atoms with E-state index < -0.39 is 12.5 Å². The number of hydrogen-bond acceptors (Lipinski definition) is 5. The highest BCUT2D eigenvalue weighted by Crippen LogP contribution is 2.18. The van der Waals surface area contributed by atoms with E-state index in [1.807, 2.05) is 0 Å². The molecule has 0 aliphatic carbocycles. The third-order valence-corrected chi connectivity index (χ3v) is 3.81. The number of Topliss-reactive ketones (excluding diaryl/α,β-unsaturated/α-hetero) is 1. The molecule has 1 amide bonds. The topological polar surface area (TPSA) is 86.1 Å². The fraction of sp³-hybridized carbons (Fsp3) is 0.158. The molecule has 3 aromatic rings. The van der Waals surface area contributed by atoms with E-state index >= 15 is 0 Å². The number of rotatable bonds is 6. The maximum absolute atomic E-state index is 12.4. The Labute approximate surface area is 159 Å². The molecular formula is C19H16F2N4O3. The summed E-state index contributed by atoms with van der Waals surface area (Å²) in [5.74, 6) is -0.280. The molecule has 1 aromatic heterocycles. The van der Waals surface area contributed by atoms with Gasteiger partial charge in [-0.2, -0.15) is 8.78 Å². The molecule has 1 N–H and O–H groups in total. The Kier molecular flexibility index (Phi) is 5.44. The van der Waals surface area contributed by atoms with E-state index in [1.165, 1.54) is 35.9 Å². The summed E-state index contributed by atoms with van der Waals surface area (Å²) < 4.78 is 30.2. The van der Waals surface area contributed by atoms with Gasteiger partial charge in [-0.15, -0.1) is 5.10 Å². The molecule has 0 atom stereocenters. The normalized spacial score (nSPS) is 10.8. The smallest absolute Gasteiger partial charge is 0.387 e. The van der Waals surface area contributed by atoms with Gasteiger partial charge >= 0.3 is 6.61 Å². The van der Waals surface area contributed by atoms with Crippen molar-refractivity contribution in [2.24, 2.45) is 0 Å². The summed E-state index contributed by atoms with van der Waals surface area (Å²) in [6.45, 7) is 0.185. The molecule has 0 aliphatic heterocycles. The highest BCUT2D eigenvalue weighted by molar-refractivity contribution is 6.02. The molecule has 1 heterocycles. The van der Waals surface area contributed by atoms with Crippen LogP contribution in [-0.4, -0.2) is 33.1 Å². The fourth-order valence-electron chi connectivity index (χ4n) is 2.50. The number of hydrogen-bond donors (Lipinski definition) is 1. The molecule has 0 fully saturated rings. The van der Waals surface area contributed by atoms with E-state index in [0.717, 1.165) is 0 Å². The first-order chi connectivity index (χ1) is 13.3. The lowest BCUT2D eigenvalue weighted by Crippen LogP contribution is -2.14. The summed E-state index contributed by atoms with van der Waals surface area (Å²) in [7, 11) is 0. The number of alkyl halides is 2. The Bertz CT molecular complexity index is 1020. The van der Waals surface area contributed by atoms with Gasteiger partial charge in [-0.05, 0) is 50.2 Å². The summed E-state index contributed by atoms with van der Waals surface area (Å²) in [6, 6.07) is 12.3. The Hall–Kier alpha value is -3.62. The van der Waals surface area contributed by atoms with Crippen LogP contribution in [-0.2, 0) is 0 Å². The highest BCUT2D eigenvalue weighted by atomic mass is 19.3. The standard InChI is InChI=1S/C19H16F2N4O3/c1-11(26)13-4-3-5-14(10-13)23-18(27)17-22-12(2)25(24-17)15-6-8-16(9-7-15)28-19(20)21/h3-10,19H,1-2H3,(H,23,27). The zero-order valence-electron chi connectivity index (χ0n) is 15.0. The van der Waals surface area contributed by atoms with Crippen LogP contribution in [0.2, 0.25) is 0 Å². The number of nitrogens with one attached hydrogen (secondary N) is 1. The number of amides is 1. The number of carbonyl (C=O) groups is 2. The highest BCUT2D eigenvalue weighted by Gasteiger charge is 2.16. The molecule has 7 nitrogen and oxygen atoms in total. The van der Waals surface area contributed by atoms with Crippen LogP contribution in [0.4, 0.5) is 14.5 Å². The van der Waals surface area contributed by atoms with Gasteiger partial charge < -0.3 is 10.1 Å². The molecule has 9 heteroatoms. The second kappa shape index (κ2) is 7.95. The molecule has 144 valence electrons. The average Bonchev–Trinajstić information content (AvgIpc) is 3.04. The first kappa shape index (κ1) is 19.2. The fourth-order valence-corrected chi connectivity index (χ4v) is 2.50. The van der Waals surface area contributed by atoms with Crippen LogP contribution >= 0.6 is 0 Å². The van der Waals surface area contributed by atoms with Gasteiger partial charge in [0.2, 0.25) is 5.82 Å². The zero-order valence-corrected chi connectivity index (χ0v) is 15.0. The van der Waals surface area contributed by atoms with E-state index in [4.69, 9.17) is 0 Å². The minimum absolute atomic E-state index is 0.0137. The number of nitrogens with zero attached hydrogens (tertiary/aromatic N) is 3. The number of anilines is 1. The molecule has 0 unspecified atom stereocenters. The summed E-state index contributed by atoms with van der Waals surface area (Å²) in [5, 5.41) is 6.81. The molecule has 28 heavy (non-hydrogen) atoms. The van der Waals surface area contributed by atoms with Gasteiger partial charge in [0.15, 0.2) is 5.78 Å². The van der Waals surface area contributed by atoms with Crippen LogP contribution in [0.3, 0.4) is 0 Å². The van der Waals surface area contributed by atoms with Crippen molar-refractivity contribution in [2.45, 2.75) is 20.5 Å². The van der Waals surface area contributed by atoms with E-state index in [-0.39, 0.29) is 17.4 Å². The van der Waals surface area contributed by atoms with E-state index in [1.54, 1.807) is 31.2 Å². The first-order valence-electron chi connectivity index (χ1n) is 8.25. The second-order valence-corrected chi connectivity index (χ2v) is 5.86. The number of ketones is 1. The molecule has 2 aromatic carbocycles. The monoisotopic (exact) mass is 386 g/mol.